The molecule has 1 aliphatic carbocycles. The van der Waals surface area contributed by atoms with Gasteiger partial charge < -0.3 is 5.32 Å². The first-order chi connectivity index (χ1) is 8.02. The molecule has 0 aromatic carbocycles. The van der Waals surface area contributed by atoms with E-state index in [0.29, 0.717) is 11.3 Å². The molecule has 17 heavy (non-hydrogen) atoms. The lowest BCUT2D eigenvalue weighted by molar-refractivity contribution is 0.0653. The minimum Gasteiger partial charge on any atom is -0.314 e. The van der Waals surface area contributed by atoms with Crippen molar-refractivity contribution in [3.05, 3.63) is 0 Å². The van der Waals surface area contributed by atoms with Gasteiger partial charge in [-0.3, -0.25) is 4.90 Å². The van der Waals surface area contributed by atoms with Gasteiger partial charge in [0.25, 0.3) is 0 Å². The van der Waals surface area contributed by atoms with Crippen molar-refractivity contribution in [1.82, 2.24) is 10.2 Å². The lowest BCUT2D eigenvalue weighted by atomic mass is 9.92. The quantitative estimate of drug-likeness (QED) is 0.806. The van der Waals surface area contributed by atoms with E-state index in [2.05, 4.69) is 10.2 Å². The van der Waals surface area contributed by atoms with Gasteiger partial charge in [-0.15, -0.1) is 0 Å². The molecule has 1 saturated heterocycles. The van der Waals surface area contributed by atoms with Crippen LogP contribution < -0.4 is 5.32 Å². The molecule has 1 spiro atoms. The molecule has 2 fully saturated rings. The van der Waals surface area contributed by atoms with Gasteiger partial charge in [-0.25, -0.2) is 8.42 Å². The highest BCUT2D eigenvalue weighted by molar-refractivity contribution is 7.90. The van der Waals surface area contributed by atoms with Crippen LogP contribution in [0.2, 0.25) is 0 Å². The van der Waals surface area contributed by atoms with Gasteiger partial charge in [-0.1, -0.05) is 12.8 Å². The van der Waals surface area contributed by atoms with Gasteiger partial charge in [-0.2, -0.15) is 0 Å². The molecule has 2 aliphatic rings. The van der Waals surface area contributed by atoms with Crippen LogP contribution in [0.15, 0.2) is 0 Å². The number of nitrogens with zero attached hydrogens (tertiary/aromatic N) is 1. The van der Waals surface area contributed by atoms with Crippen molar-refractivity contribution >= 4 is 9.84 Å². The molecule has 0 atom stereocenters. The maximum Gasteiger partial charge on any atom is 0.147 e. The summed E-state index contributed by atoms with van der Waals surface area (Å²) in [6.45, 7) is 4.14. The van der Waals surface area contributed by atoms with Crippen LogP contribution in [0.25, 0.3) is 0 Å². The van der Waals surface area contributed by atoms with E-state index in [1.807, 2.05) is 0 Å². The summed E-state index contributed by atoms with van der Waals surface area (Å²) in [4.78, 5) is 2.54. The fraction of sp³-hybridized carbons (Fsp3) is 1.00. The summed E-state index contributed by atoms with van der Waals surface area (Å²) in [6.07, 6.45) is 7.31. The Morgan fingerprint density at radius 2 is 2.00 bits per heavy atom. The van der Waals surface area contributed by atoms with Crippen molar-refractivity contribution in [2.75, 3.05) is 38.2 Å². The topological polar surface area (TPSA) is 49.4 Å². The predicted octanol–water partition coefficient (Wildman–Crippen LogP) is 0.639. The van der Waals surface area contributed by atoms with Crippen molar-refractivity contribution in [3.8, 4) is 0 Å². The molecular weight excluding hydrogens is 236 g/mol. The fourth-order valence-corrected chi connectivity index (χ4v) is 3.93. The lowest BCUT2D eigenvalue weighted by Gasteiger charge is -2.45. The van der Waals surface area contributed by atoms with Crippen LogP contribution in [-0.4, -0.2) is 57.0 Å². The van der Waals surface area contributed by atoms with Crippen LogP contribution in [0, 0.1) is 0 Å². The van der Waals surface area contributed by atoms with Gasteiger partial charge >= 0.3 is 0 Å². The van der Waals surface area contributed by atoms with Gasteiger partial charge in [0.2, 0.25) is 0 Å². The third kappa shape index (κ3) is 3.42. The van der Waals surface area contributed by atoms with E-state index in [-0.39, 0.29) is 0 Å². The fourth-order valence-electron chi connectivity index (χ4n) is 3.28. The Kier molecular flexibility index (Phi) is 4.10. The van der Waals surface area contributed by atoms with E-state index in [0.717, 1.165) is 32.6 Å². The number of nitrogens with one attached hydrogen (secondary N) is 1. The zero-order chi connectivity index (χ0) is 12.4. The van der Waals surface area contributed by atoms with E-state index >= 15 is 0 Å². The first-order valence-corrected chi connectivity index (χ1v) is 8.71. The third-order valence-corrected chi connectivity index (χ3v) is 5.19. The predicted molar refractivity (Wildman–Crippen MR) is 70.0 cm³/mol. The zero-order valence-corrected chi connectivity index (χ0v) is 11.6. The molecule has 0 aromatic heterocycles. The summed E-state index contributed by atoms with van der Waals surface area (Å²) in [7, 11) is -2.80. The molecule has 1 N–H and O–H groups in total. The van der Waals surface area contributed by atoms with Crippen molar-refractivity contribution in [2.24, 2.45) is 0 Å². The average molecular weight is 260 g/mol. The minimum atomic E-state index is -2.80. The number of rotatable bonds is 4. The molecule has 1 saturated carbocycles. The van der Waals surface area contributed by atoms with E-state index in [4.69, 9.17) is 0 Å². The van der Waals surface area contributed by atoms with Gasteiger partial charge in [0.05, 0.1) is 5.75 Å². The average Bonchev–Trinajstić information content (AvgIpc) is 2.69. The second-order valence-corrected chi connectivity index (χ2v) is 7.84. The van der Waals surface area contributed by atoms with Gasteiger partial charge in [0, 0.05) is 31.4 Å². The van der Waals surface area contributed by atoms with Crippen molar-refractivity contribution in [2.45, 2.75) is 37.6 Å². The van der Waals surface area contributed by atoms with Crippen LogP contribution >= 0.6 is 0 Å². The number of hydrogen-bond acceptors (Lipinski definition) is 4. The third-order valence-electron chi connectivity index (χ3n) is 4.16. The molecule has 0 unspecified atom stereocenters. The molecule has 1 heterocycles. The molecule has 4 nitrogen and oxygen atoms in total. The highest BCUT2D eigenvalue weighted by atomic mass is 32.2. The van der Waals surface area contributed by atoms with E-state index in [9.17, 15) is 8.42 Å². The Morgan fingerprint density at radius 1 is 1.29 bits per heavy atom. The second kappa shape index (κ2) is 5.24. The molecule has 2 rings (SSSR count). The van der Waals surface area contributed by atoms with Crippen molar-refractivity contribution < 1.29 is 8.42 Å². The summed E-state index contributed by atoms with van der Waals surface area (Å²) >= 11 is 0. The maximum atomic E-state index is 11.2. The SMILES string of the molecule is CS(=O)(=O)CCCN1CCNCC12CCCC2. The summed E-state index contributed by atoms with van der Waals surface area (Å²) < 4.78 is 22.3. The monoisotopic (exact) mass is 260 g/mol. The van der Waals surface area contributed by atoms with Gasteiger partial charge in [0.1, 0.15) is 9.84 Å². The molecule has 100 valence electrons. The largest absolute Gasteiger partial charge is 0.314 e. The Hall–Kier alpha value is -0.130. The Labute approximate surface area is 105 Å². The van der Waals surface area contributed by atoms with Gasteiger partial charge in [-0.05, 0) is 25.8 Å². The van der Waals surface area contributed by atoms with Crippen molar-refractivity contribution in [1.29, 1.82) is 0 Å². The smallest absolute Gasteiger partial charge is 0.147 e. The minimum absolute atomic E-state index is 0.326. The first kappa shape index (κ1) is 13.3. The maximum absolute atomic E-state index is 11.2. The number of hydrogen-bond donors (Lipinski definition) is 1. The molecular formula is C12H24N2O2S. The highest BCUT2D eigenvalue weighted by Crippen LogP contribution is 2.36. The zero-order valence-electron chi connectivity index (χ0n) is 10.7. The molecule has 1 aliphatic heterocycles. The standard InChI is InChI=1S/C12H24N2O2S/c1-17(15,16)10-4-8-14-9-7-13-11-12(14)5-2-3-6-12/h13H,2-11H2,1H3. The summed E-state index contributed by atoms with van der Waals surface area (Å²) in [5.74, 6) is 0.326. The van der Waals surface area contributed by atoms with E-state index < -0.39 is 9.84 Å². The number of sulfone groups is 1. The van der Waals surface area contributed by atoms with Crippen LogP contribution in [0.3, 0.4) is 0 Å². The number of piperazine rings is 1. The Bertz CT molecular complexity index is 348. The molecule has 5 heteroatoms. The first-order valence-electron chi connectivity index (χ1n) is 6.65. The van der Waals surface area contributed by atoms with Crippen LogP contribution in [0.5, 0.6) is 0 Å². The molecule has 0 radical (unpaired) electrons. The molecule has 0 bridgehead atoms. The summed E-state index contributed by atoms with van der Waals surface area (Å²) in [5.41, 5.74) is 0.343. The van der Waals surface area contributed by atoms with Gasteiger partial charge in [0.15, 0.2) is 0 Å². The van der Waals surface area contributed by atoms with Crippen LogP contribution in [-0.2, 0) is 9.84 Å². The van der Waals surface area contributed by atoms with E-state index in [1.165, 1.54) is 31.9 Å². The van der Waals surface area contributed by atoms with Crippen LogP contribution in [0.1, 0.15) is 32.1 Å². The normalized spacial score (nSPS) is 25.5. The summed E-state index contributed by atoms with van der Waals surface area (Å²) in [6, 6.07) is 0. The molecule has 0 amide bonds. The lowest BCUT2D eigenvalue weighted by Crippen LogP contribution is -2.60. The van der Waals surface area contributed by atoms with E-state index in [1.54, 1.807) is 0 Å². The summed E-state index contributed by atoms with van der Waals surface area (Å²) in [5, 5.41) is 3.49. The Morgan fingerprint density at radius 3 is 2.65 bits per heavy atom. The Balaban J connectivity index is 1.89. The van der Waals surface area contributed by atoms with Crippen LogP contribution in [0.4, 0.5) is 0 Å². The second-order valence-electron chi connectivity index (χ2n) is 5.58. The molecule has 0 aromatic rings. The van der Waals surface area contributed by atoms with Crippen molar-refractivity contribution in [3.63, 3.8) is 0 Å². The highest BCUT2D eigenvalue weighted by Gasteiger charge is 2.40.